The van der Waals surface area contributed by atoms with Crippen LogP contribution in [0, 0.1) is 6.92 Å². The molecule has 3 rings (SSSR count). The fourth-order valence-electron chi connectivity index (χ4n) is 2.98. The molecular formula is C24H29N3O2. The molecule has 0 bridgehead atoms. The van der Waals surface area contributed by atoms with Crippen molar-refractivity contribution in [3.63, 3.8) is 0 Å². The van der Waals surface area contributed by atoms with Crippen LogP contribution in [0.25, 0.3) is 34.9 Å². The monoisotopic (exact) mass is 391 g/mol. The van der Waals surface area contributed by atoms with Gasteiger partial charge in [-0.15, -0.1) is 0 Å². The zero-order valence-corrected chi connectivity index (χ0v) is 18.3. The summed E-state index contributed by atoms with van der Waals surface area (Å²) < 4.78 is 10.7. The van der Waals surface area contributed by atoms with E-state index in [-0.39, 0.29) is 0 Å². The van der Waals surface area contributed by atoms with E-state index in [0.717, 1.165) is 39.0 Å². The third-order valence-corrected chi connectivity index (χ3v) is 4.37. The zero-order chi connectivity index (χ0) is 21.4. The second-order valence-corrected chi connectivity index (χ2v) is 5.99. The van der Waals surface area contributed by atoms with Crippen LogP contribution in [0.2, 0.25) is 0 Å². The van der Waals surface area contributed by atoms with Gasteiger partial charge in [-0.25, -0.2) is 15.0 Å². The lowest BCUT2D eigenvalue weighted by Crippen LogP contribution is -2.31. The van der Waals surface area contributed by atoms with Crippen molar-refractivity contribution in [3.05, 3.63) is 52.7 Å². The first kappa shape index (κ1) is 22.1. The van der Waals surface area contributed by atoms with Gasteiger partial charge in [0.15, 0.2) is 5.82 Å². The van der Waals surface area contributed by atoms with Crippen molar-refractivity contribution in [3.8, 4) is 34.3 Å². The van der Waals surface area contributed by atoms with Gasteiger partial charge < -0.3 is 9.47 Å². The summed E-state index contributed by atoms with van der Waals surface area (Å²) in [6, 6.07) is 11.6. The standard InChI is InChI=1S/C22H23N3O2.C2H6/c1-6-17-18(7-2)24-22(19-11-12-20(27-5)14(3)23-19)25-21(17)15-9-8-10-16(13-15)26-4;1-2/h6-13H,1-5H3;1-2H3/b17-6+,18-7+;. The van der Waals surface area contributed by atoms with Crippen LogP contribution in [0.4, 0.5) is 0 Å². The number of aryl methyl sites for hydroxylation is 1. The van der Waals surface area contributed by atoms with Crippen molar-refractivity contribution in [2.45, 2.75) is 34.6 Å². The van der Waals surface area contributed by atoms with Gasteiger partial charge >= 0.3 is 0 Å². The van der Waals surface area contributed by atoms with Crippen molar-refractivity contribution in [1.82, 2.24) is 15.0 Å². The molecule has 3 aromatic rings. The number of methoxy groups -OCH3 is 2. The molecule has 152 valence electrons. The SMILES string of the molecule is C/C=c1/c(-c2cccc(OC)c2)nc(-c2ccc(OC)c(C)n2)n/c1=C/C.CC. The maximum atomic E-state index is 5.37. The first-order chi connectivity index (χ1) is 14.1. The van der Waals surface area contributed by atoms with E-state index in [4.69, 9.17) is 19.4 Å². The minimum absolute atomic E-state index is 0.581. The molecule has 0 N–H and O–H groups in total. The molecule has 0 amide bonds. The molecule has 29 heavy (non-hydrogen) atoms. The quantitative estimate of drug-likeness (QED) is 0.668. The first-order valence-corrected chi connectivity index (χ1v) is 9.78. The molecule has 5 nitrogen and oxygen atoms in total. The third-order valence-electron chi connectivity index (χ3n) is 4.37. The van der Waals surface area contributed by atoms with E-state index in [1.54, 1.807) is 14.2 Å². The summed E-state index contributed by atoms with van der Waals surface area (Å²) in [7, 11) is 3.30. The van der Waals surface area contributed by atoms with Crippen LogP contribution in [0.3, 0.4) is 0 Å². The highest BCUT2D eigenvalue weighted by atomic mass is 16.5. The summed E-state index contributed by atoms with van der Waals surface area (Å²) in [6.45, 7) is 9.87. The van der Waals surface area contributed by atoms with Crippen LogP contribution in [0.15, 0.2) is 36.4 Å². The Morgan fingerprint density at radius 2 is 1.62 bits per heavy atom. The fourth-order valence-corrected chi connectivity index (χ4v) is 2.98. The van der Waals surface area contributed by atoms with Crippen molar-refractivity contribution in [2.24, 2.45) is 0 Å². The Labute approximate surface area is 172 Å². The number of benzene rings is 1. The molecule has 0 saturated carbocycles. The summed E-state index contributed by atoms with van der Waals surface area (Å²) in [5, 5.41) is 1.86. The van der Waals surface area contributed by atoms with Gasteiger partial charge in [0, 0.05) is 10.8 Å². The number of nitrogens with zero attached hydrogens (tertiary/aromatic N) is 3. The van der Waals surface area contributed by atoms with Gasteiger partial charge in [-0.3, -0.25) is 0 Å². The minimum Gasteiger partial charge on any atom is -0.497 e. The molecule has 0 atom stereocenters. The number of rotatable bonds is 4. The van der Waals surface area contributed by atoms with Crippen LogP contribution in [-0.2, 0) is 0 Å². The van der Waals surface area contributed by atoms with Crippen LogP contribution in [0.5, 0.6) is 11.5 Å². The maximum Gasteiger partial charge on any atom is 0.179 e. The second kappa shape index (κ2) is 10.4. The molecule has 2 aromatic heterocycles. The highest BCUT2D eigenvalue weighted by Crippen LogP contribution is 2.23. The Balaban J connectivity index is 0.00000145. The molecule has 0 aliphatic rings. The fraction of sp³-hybridized carbons (Fsp3) is 0.292. The normalized spacial score (nSPS) is 11.7. The van der Waals surface area contributed by atoms with E-state index in [0.29, 0.717) is 11.5 Å². The molecular weight excluding hydrogens is 362 g/mol. The Hall–Kier alpha value is -3.21. The Bertz CT molecular complexity index is 1090. The Morgan fingerprint density at radius 1 is 0.862 bits per heavy atom. The highest BCUT2D eigenvalue weighted by molar-refractivity contribution is 5.66. The van der Waals surface area contributed by atoms with Gasteiger partial charge in [0.25, 0.3) is 0 Å². The van der Waals surface area contributed by atoms with Crippen molar-refractivity contribution >= 4 is 12.2 Å². The molecule has 0 aliphatic heterocycles. The molecule has 0 fully saturated rings. The van der Waals surface area contributed by atoms with E-state index in [2.05, 4.69) is 4.98 Å². The highest BCUT2D eigenvalue weighted by Gasteiger charge is 2.12. The van der Waals surface area contributed by atoms with E-state index < -0.39 is 0 Å². The van der Waals surface area contributed by atoms with Crippen LogP contribution >= 0.6 is 0 Å². The largest absolute Gasteiger partial charge is 0.497 e. The third kappa shape index (κ3) is 4.80. The molecule has 5 heteroatoms. The van der Waals surface area contributed by atoms with E-state index in [1.807, 2.05) is 83.2 Å². The van der Waals surface area contributed by atoms with Gasteiger partial charge in [-0.2, -0.15) is 0 Å². The summed E-state index contributed by atoms with van der Waals surface area (Å²) in [6.07, 6.45) is 4.02. The van der Waals surface area contributed by atoms with Gasteiger partial charge in [-0.05, 0) is 45.0 Å². The van der Waals surface area contributed by atoms with Crippen molar-refractivity contribution in [2.75, 3.05) is 14.2 Å². The predicted octanol–water partition coefficient (Wildman–Crippen LogP) is 4.16. The van der Waals surface area contributed by atoms with E-state index in [1.165, 1.54) is 0 Å². The lowest BCUT2D eigenvalue weighted by Gasteiger charge is -2.09. The average Bonchev–Trinajstić information content (AvgIpc) is 2.79. The predicted molar refractivity (Wildman–Crippen MR) is 119 cm³/mol. The van der Waals surface area contributed by atoms with Gasteiger partial charge in [0.1, 0.15) is 17.2 Å². The average molecular weight is 392 g/mol. The molecule has 1 aromatic carbocycles. The van der Waals surface area contributed by atoms with Crippen LogP contribution in [-0.4, -0.2) is 29.2 Å². The number of ether oxygens (including phenoxy) is 2. The van der Waals surface area contributed by atoms with Crippen molar-refractivity contribution in [1.29, 1.82) is 0 Å². The van der Waals surface area contributed by atoms with Gasteiger partial charge in [0.05, 0.1) is 31.0 Å². The number of aromatic nitrogens is 3. The maximum absolute atomic E-state index is 5.37. The summed E-state index contributed by atoms with van der Waals surface area (Å²) in [5.41, 5.74) is 3.34. The van der Waals surface area contributed by atoms with Crippen LogP contribution in [0.1, 0.15) is 33.4 Å². The summed E-state index contributed by atoms with van der Waals surface area (Å²) in [4.78, 5) is 14.2. The molecule has 0 radical (unpaired) electrons. The topological polar surface area (TPSA) is 57.1 Å². The Morgan fingerprint density at radius 3 is 2.21 bits per heavy atom. The zero-order valence-electron chi connectivity index (χ0n) is 18.3. The first-order valence-electron chi connectivity index (χ1n) is 9.78. The molecule has 2 heterocycles. The molecule has 0 saturated heterocycles. The number of hydrogen-bond donors (Lipinski definition) is 0. The van der Waals surface area contributed by atoms with Gasteiger partial charge in [-0.1, -0.05) is 38.1 Å². The molecule has 0 aliphatic carbocycles. The number of pyridine rings is 1. The summed E-state index contributed by atoms with van der Waals surface area (Å²) in [5.74, 6) is 2.11. The van der Waals surface area contributed by atoms with Gasteiger partial charge in [0.2, 0.25) is 0 Å². The van der Waals surface area contributed by atoms with Crippen molar-refractivity contribution < 1.29 is 9.47 Å². The summed E-state index contributed by atoms with van der Waals surface area (Å²) >= 11 is 0. The van der Waals surface area contributed by atoms with E-state index >= 15 is 0 Å². The van der Waals surface area contributed by atoms with Crippen LogP contribution < -0.4 is 20.0 Å². The molecule has 0 spiro atoms. The molecule has 0 unspecified atom stereocenters. The number of hydrogen-bond acceptors (Lipinski definition) is 5. The second-order valence-electron chi connectivity index (χ2n) is 5.99. The smallest absolute Gasteiger partial charge is 0.179 e. The van der Waals surface area contributed by atoms with E-state index in [9.17, 15) is 0 Å². The minimum atomic E-state index is 0.581. The lowest BCUT2D eigenvalue weighted by atomic mass is 10.1. The lowest BCUT2D eigenvalue weighted by molar-refractivity contribution is 0.409. The Kier molecular flexibility index (Phi) is 7.89.